The van der Waals surface area contributed by atoms with Crippen LogP contribution in [0, 0.1) is 5.92 Å². The maximum absolute atomic E-state index is 12.0. The Bertz CT molecular complexity index is 420. The summed E-state index contributed by atoms with van der Waals surface area (Å²) in [6.07, 6.45) is 2.05. The molecule has 0 saturated carbocycles. The standard InChI is InChI=1S/C10H12Cl2N4O/c1-5-6(2-3-13-5)10(17)16-7-8(11)14-4-15-9(7)12/h4-6,13H,2-3H2,1H3,(H,16,17). The Morgan fingerprint density at radius 3 is 2.65 bits per heavy atom. The molecule has 92 valence electrons. The zero-order valence-electron chi connectivity index (χ0n) is 9.20. The van der Waals surface area contributed by atoms with E-state index < -0.39 is 0 Å². The first kappa shape index (κ1) is 12.5. The molecule has 2 N–H and O–H groups in total. The molecule has 7 heteroatoms. The Morgan fingerprint density at radius 1 is 1.47 bits per heavy atom. The van der Waals surface area contributed by atoms with Crippen LogP contribution in [0.25, 0.3) is 0 Å². The van der Waals surface area contributed by atoms with Crippen LogP contribution in [0.4, 0.5) is 5.69 Å². The van der Waals surface area contributed by atoms with Gasteiger partial charge in [-0.25, -0.2) is 9.97 Å². The average molecular weight is 275 g/mol. The smallest absolute Gasteiger partial charge is 0.229 e. The molecule has 1 aliphatic rings. The highest BCUT2D eigenvalue weighted by Crippen LogP contribution is 2.27. The summed E-state index contributed by atoms with van der Waals surface area (Å²) in [7, 11) is 0. The minimum atomic E-state index is -0.110. The van der Waals surface area contributed by atoms with Gasteiger partial charge in [0.05, 0.1) is 5.92 Å². The molecule has 2 unspecified atom stereocenters. The van der Waals surface area contributed by atoms with Crippen molar-refractivity contribution < 1.29 is 4.79 Å². The minimum absolute atomic E-state index is 0.0812. The van der Waals surface area contributed by atoms with Crippen molar-refractivity contribution in [2.24, 2.45) is 5.92 Å². The number of anilines is 1. The fraction of sp³-hybridized carbons (Fsp3) is 0.500. The van der Waals surface area contributed by atoms with Crippen LogP contribution in [0.3, 0.4) is 0 Å². The Balaban J connectivity index is 2.13. The number of rotatable bonds is 2. The molecular formula is C10H12Cl2N4O. The molecule has 0 aliphatic carbocycles. The van der Waals surface area contributed by atoms with Gasteiger partial charge in [-0.05, 0) is 19.9 Å². The van der Waals surface area contributed by atoms with E-state index in [0.717, 1.165) is 13.0 Å². The first-order valence-electron chi connectivity index (χ1n) is 5.30. The topological polar surface area (TPSA) is 66.9 Å². The fourth-order valence-electron chi connectivity index (χ4n) is 1.88. The van der Waals surface area contributed by atoms with Crippen LogP contribution in [0.5, 0.6) is 0 Å². The summed E-state index contributed by atoms with van der Waals surface area (Å²) in [6.45, 7) is 2.81. The highest BCUT2D eigenvalue weighted by molar-refractivity contribution is 6.38. The number of nitrogens with zero attached hydrogens (tertiary/aromatic N) is 2. The molecule has 1 aliphatic heterocycles. The van der Waals surface area contributed by atoms with Gasteiger partial charge in [-0.3, -0.25) is 4.79 Å². The van der Waals surface area contributed by atoms with Crippen molar-refractivity contribution >= 4 is 34.8 Å². The molecule has 1 fully saturated rings. The van der Waals surface area contributed by atoms with Crippen molar-refractivity contribution in [1.29, 1.82) is 0 Å². The second-order valence-electron chi connectivity index (χ2n) is 3.96. The Hall–Kier alpha value is -0.910. The summed E-state index contributed by atoms with van der Waals surface area (Å²) in [5.41, 5.74) is 0.278. The molecule has 1 amide bonds. The van der Waals surface area contributed by atoms with E-state index >= 15 is 0 Å². The Morgan fingerprint density at radius 2 is 2.12 bits per heavy atom. The highest BCUT2D eigenvalue weighted by Gasteiger charge is 2.30. The number of nitrogens with one attached hydrogen (secondary N) is 2. The maximum atomic E-state index is 12.0. The Kier molecular flexibility index (Phi) is 3.81. The second kappa shape index (κ2) is 5.16. The van der Waals surface area contributed by atoms with Gasteiger partial charge in [0.15, 0.2) is 10.3 Å². The number of halogens is 2. The summed E-state index contributed by atoms with van der Waals surface area (Å²) >= 11 is 11.7. The van der Waals surface area contributed by atoms with E-state index in [4.69, 9.17) is 23.2 Å². The molecule has 5 nitrogen and oxygen atoms in total. The largest absolute Gasteiger partial charge is 0.321 e. The average Bonchev–Trinajstić information content (AvgIpc) is 2.70. The molecule has 1 saturated heterocycles. The number of hydrogen-bond acceptors (Lipinski definition) is 4. The number of aromatic nitrogens is 2. The summed E-state index contributed by atoms with van der Waals surface area (Å²) in [6, 6.07) is 0.150. The Labute approximate surface area is 109 Å². The third kappa shape index (κ3) is 2.68. The van der Waals surface area contributed by atoms with E-state index in [1.165, 1.54) is 6.33 Å². The number of amides is 1. The highest BCUT2D eigenvalue weighted by atomic mass is 35.5. The molecule has 0 radical (unpaired) electrons. The van der Waals surface area contributed by atoms with Gasteiger partial charge in [-0.1, -0.05) is 23.2 Å². The SMILES string of the molecule is CC1NCCC1C(=O)Nc1c(Cl)ncnc1Cl. The van der Waals surface area contributed by atoms with Gasteiger partial charge < -0.3 is 10.6 Å². The molecule has 0 spiro atoms. The van der Waals surface area contributed by atoms with E-state index in [2.05, 4.69) is 20.6 Å². The summed E-state index contributed by atoms with van der Waals surface area (Å²) in [5, 5.41) is 6.19. The van der Waals surface area contributed by atoms with Gasteiger partial charge in [0, 0.05) is 6.04 Å². The molecule has 0 bridgehead atoms. The lowest BCUT2D eigenvalue weighted by atomic mass is 10.0. The van der Waals surface area contributed by atoms with Crippen LogP contribution in [-0.4, -0.2) is 28.5 Å². The number of hydrogen-bond donors (Lipinski definition) is 2. The lowest BCUT2D eigenvalue weighted by Crippen LogP contribution is -2.32. The van der Waals surface area contributed by atoms with Crippen molar-refractivity contribution in [1.82, 2.24) is 15.3 Å². The zero-order valence-corrected chi connectivity index (χ0v) is 10.7. The van der Waals surface area contributed by atoms with E-state index in [9.17, 15) is 4.79 Å². The monoisotopic (exact) mass is 274 g/mol. The first-order chi connectivity index (χ1) is 8.09. The molecule has 1 aromatic heterocycles. The lowest BCUT2D eigenvalue weighted by molar-refractivity contribution is -0.120. The summed E-state index contributed by atoms with van der Waals surface area (Å²) in [5.74, 6) is -0.191. The van der Waals surface area contributed by atoms with Crippen molar-refractivity contribution in [3.8, 4) is 0 Å². The van der Waals surface area contributed by atoms with Crippen molar-refractivity contribution in [3.63, 3.8) is 0 Å². The number of carbonyl (C=O) groups excluding carboxylic acids is 1. The van der Waals surface area contributed by atoms with E-state index in [0.29, 0.717) is 0 Å². The van der Waals surface area contributed by atoms with Crippen LogP contribution in [0.15, 0.2) is 6.33 Å². The zero-order chi connectivity index (χ0) is 12.4. The summed E-state index contributed by atoms with van der Waals surface area (Å²) < 4.78 is 0. The van der Waals surface area contributed by atoms with E-state index in [1.807, 2.05) is 6.92 Å². The molecule has 1 aromatic rings. The third-order valence-electron chi connectivity index (χ3n) is 2.86. The predicted octanol–water partition coefficient (Wildman–Crippen LogP) is 1.72. The van der Waals surface area contributed by atoms with Crippen LogP contribution in [-0.2, 0) is 4.79 Å². The second-order valence-corrected chi connectivity index (χ2v) is 4.67. The normalized spacial score (nSPS) is 23.7. The molecule has 2 rings (SSSR count). The first-order valence-corrected chi connectivity index (χ1v) is 6.05. The molecule has 2 heterocycles. The van der Waals surface area contributed by atoms with Crippen molar-refractivity contribution in [2.45, 2.75) is 19.4 Å². The lowest BCUT2D eigenvalue weighted by Gasteiger charge is -2.15. The van der Waals surface area contributed by atoms with E-state index in [-0.39, 0.29) is 33.9 Å². The fourth-order valence-corrected chi connectivity index (χ4v) is 2.29. The van der Waals surface area contributed by atoms with Crippen LogP contribution < -0.4 is 10.6 Å². The van der Waals surface area contributed by atoms with Crippen molar-refractivity contribution in [3.05, 3.63) is 16.6 Å². The van der Waals surface area contributed by atoms with Gasteiger partial charge in [0.1, 0.15) is 12.0 Å². The van der Waals surface area contributed by atoms with Gasteiger partial charge >= 0.3 is 0 Å². The third-order valence-corrected chi connectivity index (χ3v) is 3.44. The predicted molar refractivity (Wildman–Crippen MR) is 66.3 cm³/mol. The van der Waals surface area contributed by atoms with Crippen molar-refractivity contribution in [2.75, 3.05) is 11.9 Å². The van der Waals surface area contributed by atoms with Crippen LogP contribution in [0.1, 0.15) is 13.3 Å². The van der Waals surface area contributed by atoms with Crippen LogP contribution >= 0.6 is 23.2 Å². The van der Waals surface area contributed by atoms with E-state index in [1.54, 1.807) is 0 Å². The maximum Gasteiger partial charge on any atom is 0.229 e. The van der Waals surface area contributed by atoms with Gasteiger partial charge in [-0.15, -0.1) is 0 Å². The van der Waals surface area contributed by atoms with Crippen LogP contribution in [0.2, 0.25) is 10.3 Å². The molecule has 17 heavy (non-hydrogen) atoms. The quantitative estimate of drug-likeness (QED) is 0.806. The minimum Gasteiger partial charge on any atom is -0.321 e. The van der Waals surface area contributed by atoms with Gasteiger partial charge in [0.25, 0.3) is 0 Å². The number of carbonyl (C=O) groups is 1. The van der Waals surface area contributed by atoms with Gasteiger partial charge in [-0.2, -0.15) is 0 Å². The molecular weight excluding hydrogens is 263 g/mol. The summed E-state index contributed by atoms with van der Waals surface area (Å²) in [4.78, 5) is 19.6. The molecule has 2 atom stereocenters. The van der Waals surface area contributed by atoms with Gasteiger partial charge in [0.2, 0.25) is 5.91 Å². The molecule has 0 aromatic carbocycles.